The summed E-state index contributed by atoms with van der Waals surface area (Å²) in [6.07, 6.45) is 3.70. The molecule has 0 radical (unpaired) electrons. The molecule has 7 nitrogen and oxygen atoms in total. The van der Waals surface area contributed by atoms with Crippen LogP contribution in [0.25, 0.3) is 0 Å². The predicted molar refractivity (Wildman–Crippen MR) is 117 cm³/mol. The van der Waals surface area contributed by atoms with Gasteiger partial charge < -0.3 is 10.1 Å². The van der Waals surface area contributed by atoms with Crippen molar-refractivity contribution in [2.45, 2.75) is 43.5 Å². The second-order valence-corrected chi connectivity index (χ2v) is 9.56. The quantitative estimate of drug-likeness (QED) is 0.662. The van der Waals surface area contributed by atoms with Gasteiger partial charge in [-0.2, -0.15) is 4.31 Å². The number of amides is 1. The SMILES string of the molecule is C[C@H](NC(=O)COC(=O)c1cccc(S(=O)(=O)N2CCCCCC2)c1)c1ccccc1. The summed E-state index contributed by atoms with van der Waals surface area (Å²) in [5.41, 5.74) is 1.04. The van der Waals surface area contributed by atoms with Crippen molar-refractivity contribution in [1.82, 2.24) is 9.62 Å². The maximum atomic E-state index is 12.9. The number of sulfonamides is 1. The Morgan fingerprint density at radius 2 is 1.68 bits per heavy atom. The third kappa shape index (κ3) is 6.15. The van der Waals surface area contributed by atoms with Crippen molar-refractivity contribution < 1.29 is 22.7 Å². The molecule has 8 heteroatoms. The minimum Gasteiger partial charge on any atom is -0.452 e. The molecular formula is C23H28N2O5S. The molecule has 3 rings (SSSR count). The molecule has 1 saturated heterocycles. The predicted octanol–water partition coefficient (Wildman–Crippen LogP) is 3.29. The first-order chi connectivity index (χ1) is 14.9. The molecule has 1 amide bonds. The smallest absolute Gasteiger partial charge is 0.338 e. The van der Waals surface area contributed by atoms with Crippen LogP contribution in [0.4, 0.5) is 0 Å². The summed E-state index contributed by atoms with van der Waals surface area (Å²) in [4.78, 5) is 24.6. The second kappa shape index (κ2) is 10.5. The van der Waals surface area contributed by atoms with Crippen molar-refractivity contribution in [3.05, 3.63) is 65.7 Å². The number of ether oxygens (including phenoxy) is 1. The fraction of sp³-hybridized carbons (Fsp3) is 0.391. The van der Waals surface area contributed by atoms with Crippen molar-refractivity contribution in [2.75, 3.05) is 19.7 Å². The fourth-order valence-corrected chi connectivity index (χ4v) is 5.10. The van der Waals surface area contributed by atoms with Gasteiger partial charge in [0.05, 0.1) is 16.5 Å². The summed E-state index contributed by atoms with van der Waals surface area (Å²) in [5, 5.41) is 2.77. The zero-order valence-corrected chi connectivity index (χ0v) is 18.4. The van der Waals surface area contributed by atoms with E-state index in [1.165, 1.54) is 28.6 Å². The summed E-state index contributed by atoms with van der Waals surface area (Å²) in [6.45, 7) is 2.36. The lowest BCUT2D eigenvalue weighted by molar-refractivity contribution is -0.124. The topological polar surface area (TPSA) is 92.8 Å². The molecule has 31 heavy (non-hydrogen) atoms. The molecular weight excluding hydrogens is 416 g/mol. The number of esters is 1. The van der Waals surface area contributed by atoms with Crippen LogP contribution in [-0.4, -0.2) is 44.3 Å². The van der Waals surface area contributed by atoms with Crippen molar-refractivity contribution in [3.8, 4) is 0 Å². The van der Waals surface area contributed by atoms with Gasteiger partial charge in [0, 0.05) is 13.1 Å². The number of hydrogen-bond donors (Lipinski definition) is 1. The minimum atomic E-state index is -3.67. The zero-order valence-electron chi connectivity index (χ0n) is 17.6. The van der Waals surface area contributed by atoms with Gasteiger partial charge in [-0.15, -0.1) is 0 Å². The maximum Gasteiger partial charge on any atom is 0.338 e. The van der Waals surface area contributed by atoms with Crippen molar-refractivity contribution in [2.24, 2.45) is 0 Å². The number of benzene rings is 2. The van der Waals surface area contributed by atoms with Crippen molar-refractivity contribution in [1.29, 1.82) is 0 Å². The first kappa shape index (κ1) is 23.0. The third-order valence-electron chi connectivity index (χ3n) is 5.28. The number of carbonyl (C=O) groups is 2. The molecule has 0 saturated carbocycles. The van der Waals surface area contributed by atoms with E-state index in [0.29, 0.717) is 13.1 Å². The van der Waals surface area contributed by atoms with Gasteiger partial charge in [-0.3, -0.25) is 4.79 Å². The Labute approximate surface area is 183 Å². The molecule has 1 fully saturated rings. The van der Waals surface area contributed by atoms with Gasteiger partial charge in [-0.1, -0.05) is 49.2 Å². The number of nitrogens with one attached hydrogen (secondary N) is 1. The number of rotatable bonds is 7. The highest BCUT2D eigenvalue weighted by Gasteiger charge is 2.26. The Morgan fingerprint density at radius 3 is 2.35 bits per heavy atom. The first-order valence-electron chi connectivity index (χ1n) is 10.5. The van der Waals surface area contributed by atoms with Crippen molar-refractivity contribution >= 4 is 21.9 Å². The van der Waals surface area contributed by atoms with Crippen LogP contribution in [0, 0.1) is 0 Å². The summed E-state index contributed by atoms with van der Waals surface area (Å²) in [7, 11) is -3.67. The Kier molecular flexibility index (Phi) is 7.81. The lowest BCUT2D eigenvalue weighted by Crippen LogP contribution is -2.32. The van der Waals surface area contributed by atoms with Crippen LogP contribution < -0.4 is 5.32 Å². The lowest BCUT2D eigenvalue weighted by Gasteiger charge is -2.20. The van der Waals surface area contributed by atoms with Gasteiger partial charge in [0.1, 0.15) is 0 Å². The molecule has 1 aliphatic rings. The Balaban J connectivity index is 1.60. The van der Waals surface area contributed by atoms with Gasteiger partial charge in [0.25, 0.3) is 5.91 Å². The van der Waals surface area contributed by atoms with Crippen molar-refractivity contribution in [3.63, 3.8) is 0 Å². The fourth-order valence-electron chi connectivity index (χ4n) is 3.54. The maximum absolute atomic E-state index is 12.9. The van der Waals surface area contributed by atoms with Crippen LogP contribution in [-0.2, 0) is 19.6 Å². The van der Waals surface area contributed by atoms with Crippen LogP contribution >= 0.6 is 0 Å². The highest BCUT2D eigenvalue weighted by atomic mass is 32.2. The molecule has 166 valence electrons. The molecule has 1 aliphatic heterocycles. The van der Waals surface area contributed by atoms with Gasteiger partial charge in [-0.05, 0) is 43.5 Å². The monoisotopic (exact) mass is 444 g/mol. The van der Waals surface area contributed by atoms with Gasteiger partial charge >= 0.3 is 5.97 Å². The molecule has 2 aromatic carbocycles. The molecule has 0 aromatic heterocycles. The second-order valence-electron chi connectivity index (χ2n) is 7.62. The molecule has 1 heterocycles. The lowest BCUT2D eigenvalue weighted by atomic mass is 10.1. The first-order valence-corrected chi connectivity index (χ1v) is 11.9. The highest BCUT2D eigenvalue weighted by molar-refractivity contribution is 7.89. The Hall–Kier alpha value is -2.71. The average molecular weight is 445 g/mol. The van der Waals surface area contributed by atoms with E-state index >= 15 is 0 Å². The van der Waals surface area contributed by atoms with E-state index in [1.807, 2.05) is 37.3 Å². The van der Waals surface area contributed by atoms with E-state index in [2.05, 4.69) is 5.32 Å². The molecule has 1 N–H and O–H groups in total. The van der Waals surface area contributed by atoms with Crippen LogP contribution in [0.1, 0.15) is 54.6 Å². The summed E-state index contributed by atoms with van der Waals surface area (Å²) in [6, 6.07) is 15.0. The van der Waals surface area contributed by atoms with Crippen LogP contribution in [0.3, 0.4) is 0 Å². The third-order valence-corrected chi connectivity index (χ3v) is 7.18. The normalized spacial score (nSPS) is 16.2. The summed E-state index contributed by atoms with van der Waals surface area (Å²) >= 11 is 0. The molecule has 0 aliphatic carbocycles. The van der Waals surface area contributed by atoms with E-state index in [0.717, 1.165) is 31.2 Å². The highest BCUT2D eigenvalue weighted by Crippen LogP contribution is 2.21. The Bertz CT molecular complexity index is 1000. The van der Waals surface area contributed by atoms with Crippen LogP contribution in [0.2, 0.25) is 0 Å². The largest absolute Gasteiger partial charge is 0.452 e. The molecule has 0 spiro atoms. The molecule has 2 aromatic rings. The summed E-state index contributed by atoms with van der Waals surface area (Å²) in [5.74, 6) is -1.17. The van der Waals surface area contributed by atoms with E-state index in [-0.39, 0.29) is 16.5 Å². The molecule has 0 unspecified atom stereocenters. The van der Waals surface area contributed by atoms with Crippen LogP contribution in [0.5, 0.6) is 0 Å². The minimum absolute atomic E-state index is 0.0611. The van der Waals surface area contributed by atoms with Gasteiger partial charge in [0.2, 0.25) is 10.0 Å². The summed E-state index contributed by atoms with van der Waals surface area (Å²) < 4.78 is 32.5. The zero-order chi connectivity index (χ0) is 22.3. The average Bonchev–Trinajstić information content (AvgIpc) is 3.08. The number of nitrogens with zero attached hydrogens (tertiary/aromatic N) is 1. The number of carbonyl (C=O) groups excluding carboxylic acids is 2. The van der Waals surface area contributed by atoms with Crippen LogP contribution in [0.15, 0.2) is 59.5 Å². The Morgan fingerprint density at radius 1 is 1.00 bits per heavy atom. The van der Waals surface area contributed by atoms with Gasteiger partial charge in [-0.25, -0.2) is 13.2 Å². The molecule has 0 bridgehead atoms. The van der Waals surface area contributed by atoms with E-state index < -0.39 is 28.5 Å². The number of hydrogen-bond acceptors (Lipinski definition) is 5. The molecule has 1 atom stereocenters. The van der Waals surface area contributed by atoms with E-state index in [1.54, 1.807) is 0 Å². The van der Waals surface area contributed by atoms with E-state index in [9.17, 15) is 18.0 Å². The van der Waals surface area contributed by atoms with Gasteiger partial charge in [0.15, 0.2) is 6.61 Å². The standard InChI is InChI=1S/C23H28N2O5S/c1-18(19-10-5-4-6-11-19)24-22(26)17-30-23(27)20-12-9-13-21(16-20)31(28,29)25-14-7-2-3-8-15-25/h4-6,9-13,16,18H,2-3,7-8,14-15,17H2,1H3,(H,24,26)/t18-/m0/s1. The van der Waals surface area contributed by atoms with E-state index in [4.69, 9.17) is 4.74 Å².